The molecule has 0 saturated heterocycles. The number of methoxy groups -OCH3 is 1. The van der Waals surface area contributed by atoms with Crippen molar-refractivity contribution in [2.24, 2.45) is 0 Å². The molecule has 0 amide bonds. The monoisotopic (exact) mass is 657 g/mol. The van der Waals surface area contributed by atoms with Crippen molar-refractivity contribution >= 4 is 5.97 Å². The van der Waals surface area contributed by atoms with Crippen LogP contribution < -0.4 is 56.0 Å². The summed E-state index contributed by atoms with van der Waals surface area (Å²) in [6.45, 7) is -0.235. The van der Waals surface area contributed by atoms with E-state index in [0.717, 1.165) is 24.3 Å². The Labute approximate surface area is 287 Å². The summed E-state index contributed by atoms with van der Waals surface area (Å²) in [4.78, 5) is 39.0. The molecule has 46 heavy (non-hydrogen) atoms. The maximum absolute atomic E-state index is 15.8. The Balaban J connectivity index is 0.00000650. The first-order valence-corrected chi connectivity index (χ1v) is 13.6. The molecular weight excluding hydrogens is 625 g/mol. The van der Waals surface area contributed by atoms with E-state index in [1.807, 2.05) is 0 Å². The molecule has 0 radical (unpaired) electrons. The van der Waals surface area contributed by atoms with Gasteiger partial charge in [0.1, 0.15) is 5.82 Å². The van der Waals surface area contributed by atoms with Crippen LogP contribution in [0.4, 0.5) is 22.0 Å². The van der Waals surface area contributed by atoms with Crippen LogP contribution in [0.2, 0.25) is 0 Å². The number of hydrogen-bond donors (Lipinski definition) is 1. The summed E-state index contributed by atoms with van der Waals surface area (Å²) < 4.78 is 101. The fourth-order valence-electron chi connectivity index (χ4n) is 5.05. The number of carbonyl (C=O) groups is 1. The summed E-state index contributed by atoms with van der Waals surface area (Å²) in [5.74, 6) is -4.65. The number of hydrogen-bond acceptors (Lipinski definition) is 6. The fraction of sp³-hybridized carbons (Fsp3) is 0.281. The molecule has 0 spiro atoms. The summed E-state index contributed by atoms with van der Waals surface area (Å²) in [5, 5.41) is 14.0. The smallest absolute Gasteiger partial charge is 0.550 e. The number of carboxylic acid groups (broad SMARTS) is 1. The van der Waals surface area contributed by atoms with Crippen LogP contribution in [-0.2, 0) is 24.1 Å². The largest absolute Gasteiger partial charge is 1.00 e. The maximum atomic E-state index is 15.8. The molecule has 1 atom stereocenters. The fourth-order valence-corrected chi connectivity index (χ4v) is 5.05. The molecule has 3 aromatic carbocycles. The Morgan fingerprint density at radius 2 is 1.72 bits per heavy atom. The van der Waals surface area contributed by atoms with E-state index in [1.165, 1.54) is 13.0 Å². The van der Waals surface area contributed by atoms with Crippen molar-refractivity contribution in [3.63, 3.8) is 0 Å². The minimum Gasteiger partial charge on any atom is -0.550 e. The molecule has 0 aliphatic heterocycles. The van der Waals surface area contributed by atoms with Crippen LogP contribution in [0.5, 0.6) is 5.75 Å². The van der Waals surface area contributed by atoms with E-state index in [4.69, 9.17) is 8.85 Å². The summed E-state index contributed by atoms with van der Waals surface area (Å²) in [7, 11) is -3.09. The van der Waals surface area contributed by atoms with E-state index in [-0.39, 0.29) is 54.6 Å². The Kier molecular flexibility index (Phi) is 11.0. The van der Waals surface area contributed by atoms with Gasteiger partial charge in [0.2, 0.25) is 0 Å². The van der Waals surface area contributed by atoms with Crippen molar-refractivity contribution in [1.29, 1.82) is 0 Å². The van der Waals surface area contributed by atoms with Crippen LogP contribution in [0.3, 0.4) is 0 Å². The van der Waals surface area contributed by atoms with E-state index in [0.29, 0.717) is 20.8 Å². The second kappa shape index (κ2) is 15.7. The Hall–Kier alpha value is -3.78. The summed E-state index contributed by atoms with van der Waals surface area (Å²) in [6, 6.07) is 13.0. The van der Waals surface area contributed by atoms with Crippen molar-refractivity contribution in [3.8, 4) is 16.9 Å². The molecule has 1 aromatic heterocycles. The molecule has 238 valence electrons. The van der Waals surface area contributed by atoms with Gasteiger partial charge in [0.15, 0.2) is 11.6 Å². The molecule has 0 fully saturated rings. The molecule has 1 N–H and O–H groups in total. The first kappa shape index (κ1) is 32.2. The number of aliphatic carboxylic acids is 1. The predicted octanol–water partition coefficient (Wildman–Crippen LogP) is 1.20. The number of carboxylic acids is 1. The van der Waals surface area contributed by atoms with Crippen molar-refractivity contribution in [2.75, 3.05) is 13.6 Å². The molecular formula is C32H29F5N3NaO5. The number of carbonyl (C=O) groups excluding carboxylic acids is 1. The molecule has 0 saturated carbocycles. The van der Waals surface area contributed by atoms with E-state index in [2.05, 4.69) is 5.32 Å². The zero-order valence-electron chi connectivity index (χ0n) is 27.8. The summed E-state index contributed by atoms with van der Waals surface area (Å²) in [5.41, 5.74) is -5.35. The van der Waals surface area contributed by atoms with Gasteiger partial charge in [0.25, 0.3) is 5.56 Å². The van der Waals surface area contributed by atoms with Crippen LogP contribution in [0, 0.1) is 18.6 Å². The van der Waals surface area contributed by atoms with Gasteiger partial charge in [-0.1, -0.05) is 48.5 Å². The molecule has 1 heterocycles. The van der Waals surface area contributed by atoms with E-state index >= 15 is 4.39 Å². The van der Waals surface area contributed by atoms with Crippen molar-refractivity contribution in [2.45, 2.75) is 45.1 Å². The minimum absolute atomic E-state index is 0. The van der Waals surface area contributed by atoms with Crippen LogP contribution in [0.15, 0.2) is 76.3 Å². The summed E-state index contributed by atoms with van der Waals surface area (Å²) >= 11 is 0. The second-order valence-electron chi connectivity index (χ2n) is 10.1. The number of alkyl halides is 3. The van der Waals surface area contributed by atoms with Crippen molar-refractivity contribution in [3.05, 3.63) is 122 Å². The van der Waals surface area contributed by atoms with E-state index in [1.54, 1.807) is 30.3 Å². The van der Waals surface area contributed by atoms with Crippen molar-refractivity contribution in [1.82, 2.24) is 14.5 Å². The average molecular weight is 658 g/mol. The molecule has 0 aliphatic carbocycles. The standard InChI is InChI=1S/C32H30F5N3O5.Na/c1-19-28(21-11-6-14-26(45-2)29(21)34)30(43)40(18-25(20-9-4-3-5-10-20)38-16-8-15-27(41)42)31(44)39(19)17-22-23(32(35,36)37)12-7-13-24(22)33;/h3-7,9-14,25,38H,8,15-18H2,1-2H3,(H,41,42);/q;+1/p-1/t25-;/m0./s1/i2+1D3;. The van der Waals surface area contributed by atoms with Gasteiger partial charge in [-0.05, 0) is 50.1 Å². The number of ether oxygens (including phenoxy) is 1. The van der Waals surface area contributed by atoms with E-state index in [9.17, 15) is 37.1 Å². The third kappa shape index (κ3) is 8.13. The molecule has 4 aromatic rings. The van der Waals surface area contributed by atoms with Crippen LogP contribution in [-0.4, -0.2) is 28.7 Å². The zero-order valence-corrected chi connectivity index (χ0v) is 26.8. The first-order valence-electron chi connectivity index (χ1n) is 15.1. The Morgan fingerprint density at radius 3 is 2.37 bits per heavy atom. The van der Waals surface area contributed by atoms with Crippen LogP contribution in [0.25, 0.3) is 11.1 Å². The van der Waals surface area contributed by atoms with Gasteiger partial charge in [-0.2, -0.15) is 13.2 Å². The normalized spacial score (nSPS) is 13.2. The Bertz CT molecular complexity index is 1920. The third-order valence-electron chi connectivity index (χ3n) is 7.29. The molecule has 0 aliphatic rings. The SMILES string of the molecule is [2H][13C]([2H])([2H])Oc1cccc(-c2c(C)n(Cc3c(F)cccc3C(F)(F)F)c(=O)n(C[C@H](NCCCC(=O)[O-])c3ccccc3)c2=O)c1F.[Na+]. The van der Waals surface area contributed by atoms with Gasteiger partial charge in [-0.15, -0.1) is 0 Å². The predicted molar refractivity (Wildman–Crippen MR) is 154 cm³/mol. The Morgan fingerprint density at radius 1 is 1.02 bits per heavy atom. The number of nitrogens with zero attached hydrogens (tertiary/aromatic N) is 2. The quantitative estimate of drug-likeness (QED) is 0.106. The number of nitrogens with one attached hydrogen (secondary N) is 1. The summed E-state index contributed by atoms with van der Waals surface area (Å²) in [6.07, 6.45) is -5.21. The molecule has 0 bridgehead atoms. The van der Waals surface area contributed by atoms with Crippen molar-refractivity contribution < 1.29 is 70.3 Å². The molecule has 8 nitrogen and oxygen atoms in total. The maximum Gasteiger partial charge on any atom is 1.00 e. The first-order chi connectivity index (χ1) is 22.5. The zero-order chi connectivity index (χ0) is 35.4. The van der Waals surface area contributed by atoms with Gasteiger partial charge in [0.05, 0.1) is 41.4 Å². The van der Waals surface area contributed by atoms with Gasteiger partial charge < -0.3 is 20.0 Å². The van der Waals surface area contributed by atoms with Gasteiger partial charge in [0, 0.05) is 22.8 Å². The molecule has 4 rings (SSSR count). The van der Waals surface area contributed by atoms with Gasteiger partial charge in [-0.3, -0.25) is 13.9 Å². The van der Waals surface area contributed by atoms with E-state index < -0.39 is 89.2 Å². The van der Waals surface area contributed by atoms with Crippen LogP contribution >= 0.6 is 0 Å². The number of aromatic nitrogens is 2. The minimum atomic E-state index is -5.02. The number of halogens is 5. The van der Waals surface area contributed by atoms with Gasteiger partial charge >= 0.3 is 41.4 Å². The molecule has 0 unspecified atom stereocenters. The molecule has 14 heteroatoms. The third-order valence-corrected chi connectivity index (χ3v) is 7.29. The van der Waals surface area contributed by atoms with Gasteiger partial charge in [-0.25, -0.2) is 13.6 Å². The number of benzene rings is 3. The number of rotatable bonds is 12. The second-order valence-corrected chi connectivity index (χ2v) is 10.1. The average Bonchev–Trinajstić information content (AvgIpc) is 3.00. The topological polar surface area (TPSA) is 105 Å². The van der Waals surface area contributed by atoms with Crippen LogP contribution in [0.1, 0.15) is 45.4 Å².